The number of nitrogens with zero attached hydrogens (tertiary/aromatic N) is 2. The zero-order chi connectivity index (χ0) is 19.9. The summed E-state index contributed by atoms with van der Waals surface area (Å²) in [6, 6.07) is 1.88. The number of phenolic OH excluding ortho intramolecular Hbond substituents is 1. The van der Waals surface area contributed by atoms with Gasteiger partial charge in [0.05, 0.1) is 12.2 Å². The van der Waals surface area contributed by atoms with E-state index in [4.69, 9.17) is 9.26 Å². The van der Waals surface area contributed by atoms with Gasteiger partial charge in [-0.3, -0.25) is 4.79 Å². The predicted molar refractivity (Wildman–Crippen MR) is 102 cm³/mol. The Morgan fingerprint density at radius 2 is 2.00 bits per heavy atom. The first kappa shape index (κ1) is 19.3. The van der Waals surface area contributed by atoms with Gasteiger partial charge in [0.15, 0.2) is 11.4 Å². The van der Waals surface area contributed by atoms with E-state index >= 15 is 0 Å². The van der Waals surface area contributed by atoms with Gasteiger partial charge in [-0.25, -0.2) is 0 Å². The van der Waals surface area contributed by atoms with E-state index < -0.39 is 5.60 Å². The lowest BCUT2D eigenvalue weighted by atomic mass is 9.86. The topological polar surface area (TPSA) is 75.8 Å². The van der Waals surface area contributed by atoms with Crippen molar-refractivity contribution in [3.8, 4) is 11.5 Å². The molecular formula is C21H28N2O4. The quantitative estimate of drug-likeness (QED) is 0.887. The standard InChI is InChI=1S/C21H28N2O4/c1-7-15-10-16(27-22-15)11-23(6)20(25)21(5)9-8-17-14(4)18(24)12(2)13(3)19(17)26-21/h10,24H,7-9,11H2,1-6H3. The minimum atomic E-state index is -0.948. The van der Waals surface area contributed by atoms with Gasteiger partial charge in [0.25, 0.3) is 5.91 Å². The lowest BCUT2D eigenvalue weighted by molar-refractivity contribution is -0.147. The van der Waals surface area contributed by atoms with Crippen LogP contribution in [0.4, 0.5) is 0 Å². The highest BCUT2D eigenvalue weighted by Gasteiger charge is 2.42. The van der Waals surface area contributed by atoms with Crippen LogP contribution in [0.1, 0.15) is 54.0 Å². The maximum absolute atomic E-state index is 13.1. The van der Waals surface area contributed by atoms with Crippen LogP contribution in [0.3, 0.4) is 0 Å². The van der Waals surface area contributed by atoms with Crippen LogP contribution < -0.4 is 4.74 Å². The molecule has 1 aromatic carbocycles. The molecule has 6 nitrogen and oxygen atoms in total. The summed E-state index contributed by atoms with van der Waals surface area (Å²) in [5.41, 5.74) is 3.44. The van der Waals surface area contributed by atoms with Crippen molar-refractivity contribution in [1.82, 2.24) is 10.1 Å². The number of likely N-dealkylation sites (N-methyl/N-ethyl adjacent to an activating group) is 1. The van der Waals surface area contributed by atoms with E-state index in [0.717, 1.165) is 40.1 Å². The normalized spacial score (nSPS) is 18.7. The van der Waals surface area contributed by atoms with Gasteiger partial charge in [-0.05, 0) is 57.2 Å². The van der Waals surface area contributed by atoms with E-state index in [0.29, 0.717) is 30.9 Å². The summed E-state index contributed by atoms with van der Waals surface area (Å²) in [6.07, 6.45) is 2.04. The smallest absolute Gasteiger partial charge is 0.266 e. The van der Waals surface area contributed by atoms with Gasteiger partial charge >= 0.3 is 0 Å². The minimum absolute atomic E-state index is 0.0922. The van der Waals surface area contributed by atoms with E-state index in [9.17, 15) is 9.90 Å². The molecule has 1 N–H and O–H groups in total. The molecule has 0 aliphatic carbocycles. The summed E-state index contributed by atoms with van der Waals surface area (Å²) in [5, 5.41) is 14.3. The number of benzene rings is 1. The molecule has 1 amide bonds. The first-order valence-electron chi connectivity index (χ1n) is 9.38. The van der Waals surface area contributed by atoms with Crippen molar-refractivity contribution < 1.29 is 19.2 Å². The first-order valence-corrected chi connectivity index (χ1v) is 9.38. The molecule has 1 aliphatic rings. The predicted octanol–water partition coefficient (Wildman–Crippen LogP) is 3.61. The first-order chi connectivity index (χ1) is 12.7. The molecule has 1 atom stereocenters. The molecule has 1 unspecified atom stereocenters. The monoisotopic (exact) mass is 372 g/mol. The Bertz CT molecular complexity index is 887. The second-order valence-corrected chi connectivity index (χ2v) is 7.66. The fraction of sp³-hybridized carbons (Fsp3) is 0.524. The molecule has 27 heavy (non-hydrogen) atoms. The van der Waals surface area contributed by atoms with Gasteiger partial charge in [-0.15, -0.1) is 0 Å². The van der Waals surface area contributed by atoms with Crippen molar-refractivity contribution in [1.29, 1.82) is 0 Å². The Morgan fingerprint density at radius 3 is 2.63 bits per heavy atom. The number of amides is 1. The molecule has 6 heteroatoms. The maximum Gasteiger partial charge on any atom is 0.266 e. The number of ether oxygens (including phenoxy) is 1. The summed E-state index contributed by atoms with van der Waals surface area (Å²) in [5.74, 6) is 1.62. The van der Waals surface area contributed by atoms with Crippen molar-refractivity contribution >= 4 is 5.91 Å². The molecule has 1 aliphatic heterocycles. The highest BCUT2D eigenvalue weighted by Crippen LogP contribution is 2.43. The Labute approximate surface area is 160 Å². The van der Waals surface area contributed by atoms with Crippen LogP contribution in [0.25, 0.3) is 0 Å². The molecular weight excluding hydrogens is 344 g/mol. The minimum Gasteiger partial charge on any atom is -0.507 e. The molecule has 146 valence electrons. The molecule has 3 rings (SSSR count). The fourth-order valence-electron chi connectivity index (χ4n) is 3.70. The number of carbonyl (C=O) groups excluding carboxylic acids is 1. The third-order valence-electron chi connectivity index (χ3n) is 5.68. The van der Waals surface area contributed by atoms with Crippen LogP contribution in [0.5, 0.6) is 11.5 Å². The summed E-state index contributed by atoms with van der Waals surface area (Å²) in [6.45, 7) is 9.89. The third kappa shape index (κ3) is 3.29. The second kappa shape index (κ2) is 6.91. The number of hydrogen-bond donors (Lipinski definition) is 1. The van der Waals surface area contributed by atoms with Crippen molar-refractivity contribution in [3.63, 3.8) is 0 Å². The highest BCUT2D eigenvalue weighted by atomic mass is 16.5. The van der Waals surface area contributed by atoms with Crippen LogP contribution in [0.15, 0.2) is 10.6 Å². The van der Waals surface area contributed by atoms with Crippen molar-refractivity contribution in [2.24, 2.45) is 0 Å². The number of hydrogen-bond acceptors (Lipinski definition) is 5. The lowest BCUT2D eigenvalue weighted by Crippen LogP contribution is -2.51. The number of aryl methyl sites for hydroxylation is 1. The number of phenols is 1. The van der Waals surface area contributed by atoms with Crippen molar-refractivity contribution in [2.75, 3.05) is 7.05 Å². The van der Waals surface area contributed by atoms with Gasteiger partial charge in [0.2, 0.25) is 0 Å². The number of carbonyl (C=O) groups is 1. The molecule has 0 radical (unpaired) electrons. The van der Waals surface area contributed by atoms with E-state index in [2.05, 4.69) is 5.16 Å². The molecule has 1 aromatic heterocycles. The average Bonchev–Trinajstić information content (AvgIpc) is 3.11. The SMILES string of the molecule is CCc1cc(CN(C)C(=O)C2(C)CCc3c(C)c(O)c(C)c(C)c3O2)on1. The Hall–Kier alpha value is -2.50. The van der Waals surface area contributed by atoms with E-state index in [-0.39, 0.29) is 5.91 Å². The van der Waals surface area contributed by atoms with Gasteiger partial charge in [0, 0.05) is 25.1 Å². The summed E-state index contributed by atoms with van der Waals surface area (Å²) >= 11 is 0. The molecule has 0 bridgehead atoms. The van der Waals surface area contributed by atoms with Gasteiger partial charge in [-0.2, -0.15) is 0 Å². The maximum atomic E-state index is 13.1. The average molecular weight is 372 g/mol. The van der Waals surface area contributed by atoms with Gasteiger partial charge < -0.3 is 19.3 Å². The molecule has 0 fully saturated rings. The molecule has 2 aromatic rings. The summed E-state index contributed by atoms with van der Waals surface area (Å²) < 4.78 is 11.6. The fourth-order valence-corrected chi connectivity index (χ4v) is 3.70. The van der Waals surface area contributed by atoms with Crippen LogP contribution in [0.2, 0.25) is 0 Å². The number of aromatic hydroxyl groups is 1. The number of fused-ring (bicyclic) bond motifs is 1. The second-order valence-electron chi connectivity index (χ2n) is 7.66. The van der Waals surface area contributed by atoms with Crippen LogP contribution >= 0.6 is 0 Å². The van der Waals surface area contributed by atoms with Crippen LogP contribution in [0, 0.1) is 20.8 Å². The van der Waals surface area contributed by atoms with Crippen molar-refractivity contribution in [2.45, 2.75) is 66.0 Å². The summed E-state index contributed by atoms with van der Waals surface area (Å²) in [7, 11) is 1.75. The number of aromatic nitrogens is 1. The Kier molecular flexibility index (Phi) is 4.93. The largest absolute Gasteiger partial charge is 0.507 e. The number of rotatable bonds is 4. The van der Waals surface area contributed by atoms with Crippen molar-refractivity contribution in [3.05, 3.63) is 39.8 Å². The van der Waals surface area contributed by atoms with Crippen LogP contribution in [-0.4, -0.2) is 33.7 Å². The third-order valence-corrected chi connectivity index (χ3v) is 5.68. The van der Waals surface area contributed by atoms with Gasteiger partial charge in [-0.1, -0.05) is 12.1 Å². The molecule has 0 spiro atoms. The Balaban J connectivity index is 1.84. The molecule has 0 saturated carbocycles. The molecule has 0 saturated heterocycles. The molecule has 2 heterocycles. The zero-order valence-electron chi connectivity index (χ0n) is 17.0. The van der Waals surface area contributed by atoms with Crippen LogP contribution in [-0.2, 0) is 24.2 Å². The van der Waals surface area contributed by atoms with E-state index in [1.54, 1.807) is 11.9 Å². The van der Waals surface area contributed by atoms with Gasteiger partial charge in [0.1, 0.15) is 11.5 Å². The van der Waals surface area contributed by atoms with E-state index in [1.165, 1.54) is 0 Å². The highest BCUT2D eigenvalue weighted by molar-refractivity contribution is 5.85. The lowest BCUT2D eigenvalue weighted by Gasteiger charge is -2.38. The summed E-state index contributed by atoms with van der Waals surface area (Å²) in [4.78, 5) is 14.8. The zero-order valence-corrected chi connectivity index (χ0v) is 17.0. The van der Waals surface area contributed by atoms with E-state index in [1.807, 2.05) is 40.7 Å². The Morgan fingerprint density at radius 1 is 1.30 bits per heavy atom.